The fourth-order valence-electron chi connectivity index (χ4n) is 2.71. The summed E-state index contributed by atoms with van der Waals surface area (Å²) in [5.74, 6) is 1.01. The van der Waals surface area contributed by atoms with E-state index in [9.17, 15) is 14.9 Å². The van der Waals surface area contributed by atoms with Crippen LogP contribution in [-0.2, 0) is 0 Å². The molecular weight excluding hydrogens is 386 g/mol. The number of rotatable bonds is 8. The molecule has 0 bridgehead atoms. The molecule has 3 rings (SSSR count). The summed E-state index contributed by atoms with van der Waals surface area (Å²) in [6.45, 7) is 4.42. The Hall–Kier alpha value is -3.94. The molecule has 1 N–H and O–H groups in total. The average molecular weight is 407 g/mol. The molecule has 1 amide bonds. The summed E-state index contributed by atoms with van der Waals surface area (Å²) in [4.78, 5) is 23.0. The maximum absolute atomic E-state index is 12.2. The molecule has 0 aliphatic carbocycles. The second-order valence-electron chi connectivity index (χ2n) is 6.55. The molecule has 0 saturated carbocycles. The molecule has 0 aliphatic rings. The average Bonchev–Trinajstić information content (AvgIpc) is 3.21. The monoisotopic (exact) mass is 407 g/mol. The van der Waals surface area contributed by atoms with Gasteiger partial charge in [-0.1, -0.05) is 13.0 Å². The quantitative estimate of drug-likeness (QED) is 0.330. The van der Waals surface area contributed by atoms with Crippen LogP contribution in [0.5, 0.6) is 5.75 Å². The molecule has 2 aromatic carbocycles. The predicted octanol–water partition coefficient (Wildman–Crippen LogP) is 4.72. The van der Waals surface area contributed by atoms with Crippen molar-refractivity contribution in [3.8, 4) is 17.1 Å². The molecular formula is C22H21N3O5. The van der Waals surface area contributed by atoms with Gasteiger partial charge in [-0.15, -0.1) is 0 Å². The Kier molecular flexibility index (Phi) is 6.59. The fraction of sp³-hybridized carbons (Fsp3) is 0.182. The SMILES string of the molecule is CCCOc1ccc(C(=O)N/N=C/c2ccc(-c3ccc(C)cc3[N+](=O)[O-])o2)cc1. The third-order valence-corrected chi connectivity index (χ3v) is 4.19. The van der Waals surface area contributed by atoms with E-state index in [0.29, 0.717) is 35.0 Å². The molecule has 154 valence electrons. The van der Waals surface area contributed by atoms with Crippen molar-refractivity contribution in [1.82, 2.24) is 5.43 Å². The lowest BCUT2D eigenvalue weighted by Gasteiger charge is -2.05. The Labute approximate surface area is 173 Å². The van der Waals surface area contributed by atoms with E-state index in [1.807, 2.05) is 6.92 Å². The first-order valence-electron chi connectivity index (χ1n) is 9.39. The van der Waals surface area contributed by atoms with Crippen LogP contribution in [0.1, 0.15) is 35.0 Å². The molecule has 8 nitrogen and oxygen atoms in total. The van der Waals surface area contributed by atoms with Gasteiger partial charge in [0.25, 0.3) is 11.6 Å². The summed E-state index contributed by atoms with van der Waals surface area (Å²) in [7, 11) is 0. The first kappa shape index (κ1) is 20.8. The Morgan fingerprint density at radius 2 is 1.97 bits per heavy atom. The van der Waals surface area contributed by atoms with E-state index in [4.69, 9.17) is 9.15 Å². The molecule has 3 aromatic rings. The minimum Gasteiger partial charge on any atom is -0.494 e. The van der Waals surface area contributed by atoms with Gasteiger partial charge < -0.3 is 9.15 Å². The van der Waals surface area contributed by atoms with Crippen molar-refractivity contribution in [2.45, 2.75) is 20.3 Å². The zero-order valence-electron chi connectivity index (χ0n) is 16.6. The van der Waals surface area contributed by atoms with Crippen LogP contribution in [0, 0.1) is 17.0 Å². The van der Waals surface area contributed by atoms with Gasteiger partial charge in [-0.3, -0.25) is 14.9 Å². The fourth-order valence-corrected chi connectivity index (χ4v) is 2.71. The lowest BCUT2D eigenvalue weighted by molar-refractivity contribution is -0.384. The predicted molar refractivity (Wildman–Crippen MR) is 113 cm³/mol. The molecule has 0 spiro atoms. The van der Waals surface area contributed by atoms with Crippen LogP contribution in [0.3, 0.4) is 0 Å². The lowest BCUT2D eigenvalue weighted by Crippen LogP contribution is -2.17. The highest BCUT2D eigenvalue weighted by molar-refractivity contribution is 5.94. The first-order chi connectivity index (χ1) is 14.5. The lowest BCUT2D eigenvalue weighted by atomic mass is 10.1. The summed E-state index contributed by atoms with van der Waals surface area (Å²) in [6.07, 6.45) is 2.24. The normalized spacial score (nSPS) is 10.9. The van der Waals surface area contributed by atoms with Gasteiger partial charge in [-0.25, -0.2) is 5.43 Å². The van der Waals surface area contributed by atoms with E-state index in [2.05, 4.69) is 10.5 Å². The number of nitro benzene ring substituents is 1. The van der Waals surface area contributed by atoms with E-state index in [-0.39, 0.29) is 11.6 Å². The van der Waals surface area contributed by atoms with Gasteiger partial charge in [0.2, 0.25) is 0 Å². The second-order valence-corrected chi connectivity index (χ2v) is 6.55. The number of ether oxygens (including phenoxy) is 1. The highest BCUT2D eigenvalue weighted by Gasteiger charge is 2.18. The van der Waals surface area contributed by atoms with Crippen LogP contribution in [0.15, 0.2) is 64.1 Å². The van der Waals surface area contributed by atoms with Gasteiger partial charge in [-0.2, -0.15) is 5.10 Å². The number of nitrogens with zero attached hydrogens (tertiary/aromatic N) is 2. The highest BCUT2D eigenvalue weighted by Crippen LogP contribution is 2.31. The van der Waals surface area contributed by atoms with Crippen LogP contribution in [0.2, 0.25) is 0 Å². The number of hydrogen-bond acceptors (Lipinski definition) is 6. The number of hydrogen-bond donors (Lipinski definition) is 1. The van der Waals surface area contributed by atoms with Crippen molar-refractivity contribution >= 4 is 17.8 Å². The number of hydrazone groups is 1. The number of benzene rings is 2. The van der Waals surface area contributed by atoms with E-state index in [0.717, 1.165) is 12.0 Å². The van der Waals surface area contributed by atoms with Crippen LogP contribution < -0.4 is 10.2 Å². The maximum Gasteiger partial charge on any atom is 0.280 e. The summed E-state index contributed by atoms with van der Waals surface area (Å²) in [5, 5.41) is 15.2. The van der Waals surface area contributed by atoms with Gasteiger partial charge in [0.05, 0.1) is 23.3 Å². The molecule has 1 aromatic heterocycles. The minimum absolute atomic E-state index is 0.0347. The number of carbonyl (C=O) groups excluding carboxylic acids is 1. The molecule has 0 atom stereocenters. The second kappa shape index (κ2) is 9.51. The van der Waals surface area contributed by atoms with Crippen molar-refractivity contribution in [1.29, 1.82) is 0 Å². The smallest absolute Gasteiger partial charge is 0.280 e. The van der Waals surface area contributed by atoms with Crippen molar-refractivity contribution < 1.29 is 18.9 Å². The molecule has 1 heterocycles. The highest BCUT2D eigenvalue weighted by atomic mass is 16.6. The van der Waals surface area contributed by atoms with Crippen LogP contribution in [0.25, 0.3) is 11.3 Å². The van der Waals surface area contributed by atoms with E-state index >= 15 is 0 Å². The molecule has 0 radical (unpaired) electrons. The summed E-state index contributed by atoms with van der Waals surface area (Å²) in [6, 6.07) is 14.9. The van der Waals surface area contributed by atoms with Crippen LogP contribution in [-0.4, -0.2) is 23.7 Å². The maximum atomic E-state index is 12.2. The number of amides is 1. The Morgan fingerprint density at radius 1 is 1.20 bits per heavy atom. The number of nitro groups is 1. The van der Waals surface area contributed by atoms with Crippen molar-refractivity contribution in [3.63, 3.8) is 0 Å². The number of aryl methyl sites for hydroxylation is 1. The van der Waals surface area contributed by atoms with E-state index < -0.39 is 4.92 Å². The van der Waals surface area contributed by atoms with Crippen molar-refractivity contribution in [2.24, 2.45) is 5.10 Å². The molecule has 0 aliphatic heterocycles. The summed E-state index contributed by atoms with van der Waals surface area (Å²) >= 11 is 0. The number of furan rings is 1. The van der Waals surface area contributed by atoms with Gasteiger partial charge in [0, 0.05) is 11.6 Å². The molecule has 8 heteroatoms. The summed E-state index contributed by atoms with van der Waals surface area (Å²) < 4.78 is 11.1. The third-order valence-electron chi connectivity index (χ3n) is 4.19. The minimum atomic E-state index is -0.447. The van der Waals surface area contributed by atoms with Gasteiger partial charge in [0.15, 0.2) is 0 Å². The standard InChI is InChI=1S/C22H21N3O5/c1-3-12-29-17-7-5-16(6-8-17)22(26)24-23-14-18-9-11-21(30-18)19-10-4-15(2)13-20(19)25(27)28/h4-11,13-14H,3,12H2,1-2H3,(H,24,26)/b23-14+. The Balaban J connectivity index is 1.65. The van der Waals surface area contributed by atoms with E-state index in [1.165, 1.54) is 12.3 Å². The van der Waals surface area contributed by atoms with Gasteiger partial charge in [-0.05, 0) is 61.4 Å². The topological polar surface area (TPSA) is 107 Å². The molecule has 30 heavy (non-hydrogen) atoms. The largest absolute Gasteiger partial charge is 0.494 e. The van der Waals surface area contributed by atoms with Gasteiger partial charge in [0.1, 0.15) is 17.3 Å². The van der Waals surface area contributed by atoms with Crippen molar-refractivity contribution in [3.05, 3.63) is 81.6 Å². The number of nitrogens with one attached hydrogen (secondary N) is 1. The summed E-state index contributed by atoms with van der Waals surface area (Å²) in [5.41, 5.74) is 3.98. The first-order valence-corrected chi connectivity index (χ1v) is 9.39. The van der Waals surface area contributed by atoms with Crippen LogP contribution in [0.4, 0.5) is 5.69 Å². The molecule has 0 fully saturated rings. The van der Waals surface area contributed by atoms with Crippen LogP contribution >= 0.6 is 0 Å². The van der Waals surface area contributed by atoms with E-state index in [1.54, 1.807) is 55.5 Å². The number of carbonyl (C=O) groups is 1. The third kappa shape index (κ3) is 5.11. The molecule has 0 unspecified atom stereocenters. The Bertz CT molecular complexity index is 1070. The zero-order chi connectivity index (χ0) is 21.5. The van der Waals surface area contributed by atoms with Crippen molar-refractivity contribution in [2.75, 3.05) is 6.61 Å². The zero-order valence-corrected chi connectivity index (χ0v) is 16.6. The molecule has 0 saturated heterocycles. The Morgan fingerprint density at radius 3 is 2.67 bits per heavy atom. The van der Waals surface area contributed by atoms with Gasteiger partial charge >= 0.3 is 0 Å².